The minimum atomic E-state index is -3.52. The number of piperidine rings is 2. The van der Waals surface area contributed by atoms with E-state index in [1.165, 1.54) is 23.9 Å². The molecule has 5 rings (SSSR count). The highest BCUT2D eigenvalue weighted by Crippen LogP contribution is 2.32. The fourth-order valence-corrected chi connectivity index (χ4v) is 6.73. The van der Waals surface area contributed by atoms with E-state index in [9.17, 15) is 28.2 Å². The Balaban J connectivity index is 1.08. The van der Waals surface area contributed by atoms with Gasteiger partial charge in [0.1, 0.15) is 11.5 Å². The maximum absolute atomic E-state index is 12.5. The van der Waals surface area contributed by atoms with Crippen molar-refractivity contribution in [2.75, 3.05) is 48.6 Å². The normalized spacial score (nSPS) is 20.2. The molecule has 3 heterocycles. The van der Waals surface area contributed by atoms with E-state index in [-0.39, 0.29) is 29.2 Å². The van der Waals surface area contributed by atoms with Gasteiger partial charge in [-0.05, 0) is 66.1 Å². The number of amides is 1. The van der Waals surface area contributed by atoms with Crippen molar-refractivity contribution in [2.45, 2.75) is 37.8 Å². The lowest BCUT2D eigenvalue weighted by Crippen LogP contribution is -2.43. The van der Waals surface area contributed by atoms with Gasteiger partial charge in [-0.3, -0.25) is 14.3 Å². The molecule has 224 valence electrons. The minimum absolute atomic E-state index is 0.0695. The molecule has 42 heavy (non-hydrogen) atoms. The molecule has 2 aromatic carbocycles. The van der Waals surface area contributed by atoms with Gasteiger partial charge in [0.2, 0.25) is 10.0 Å². The van der Waals surface area contributed by atoms with Gasteiger partial charge in [0.25, 0.3) is 5.91 Å². The molecule has 3 aliphatic rings. The standard InChI is InChI=1S/C29H35N5O6S2/c1-42(39,40)32-24-7-4-20(17-25(24)36)26(37)18-30-21-8-12-33(13-9-21)22-5-2-19(3-6-22)16-27-28(38)31-29(41-27)34-14-10-23(35)11-15-34/h2-7,16-17,21,26,30,32,36-37H,8-15,18H2,1H3/b27-16-. The van der Waals surface area contributed by atoms with Crippen LogP contribution in [0, 0.1) is 0 Å². The van der Waals surface area contributed by atoms with Crippen molar-refractivity contribution in [1.29, 1.82) is 0 Å². The molecule has 1 atom stereocenters. The highest BCUT2D eigenvalue weighted by Gasteiger charge is 2.28. The number of aliphatic hydroxyl groups is 1. The van der Waals surface area contributed by atoms with Gasteiger partial charge in [0.15, 0.2) is 5.17 Å². The molecule has 2 fully saturated rings. The van der Waals surface area contributed by atoms with E-state index in [0.29, 0.717) is 48.1 Å². The third-order valence-corrected chi connectivity index (χ3v) is 9.19. The Bertz CT molecular complexity index is 1490. The summed E-state index contributed by atoms with van der Waals surface area (Å²) >= 11 is 1.37. The number of carbonyl (C=O) groups is 2. The Kier molecular flexibility index (Phi) is 9.21. The first-order valence-corrected chi connectivity index (χ1v) is 16.6. The van der Waals surface area contributed by atoms with Gasteiger partial charge < -0.3 is 25.3 Å². The number of Topliss-reactive ketones (excluding diaryl/α,β-unsaturated/α-hetero) is 1. The fraction of sp³-hybridized carbons (Fsp3) is 0.414. The lowest BCUT2D eigenvalue weighted by atomic mass is 10.0. The van der Waals surface area contributed by atoms with Gasteiger partial charge >= 0.3 is 0 Å². The van der Waals surface area contributed by atoms with Gasteiger partial charge in [-0.1, -0.05) is 18.2 Å². The number of amidine groups is 1. The predicted molar refractivity (Wildman–Crippen MR) is 165 cm³/mol. The summed E-state index contributed by atoms with van der Waals surface area (Å²) < 4.78 is 25.0. The van der Waals surface area contributed by atoms with Crippen molar-refractivity contribution in [3.63, 3.8) is 0 Å². The van der Waals surface area contributed by atoms with Crippen LogP contribution in [0.1, 0.15) is 42.9 Å². The average Bonchev–Trinajstić information content (AvgIpc) is 3.33. The second-order valence-electron chi connectivity index (χ2n) is 10.8. The molecule has 4 N–H and O–H groups in total. The second kappa shape index (κ2) is 12.9. The number of benzene rings is 2. The number of sulfonamides is 1. The Morgan fingerprint density at radius 2 is 1.74 bits per heavy atom. The number of thioether (sulfide) groups is 1. The molecule has 0 spiro atoms. The van der Waals surface area contributed by atoms with E-state index in [0.717, 1.165) is 43.4 Å². The largest absolute Gasteiger partial charge is 0.506 e. The highest BCUT2D eigenvalue weighted by atomic mass is 32.2. The molecule has 11 nitrogen and oxygen atoms in total. The first-order valence-electron chi connectivity index (χ1n) is 13.9. The molecule has 0 radical (unpaired) electrons. The number of aliphatic imine (C=N–C) groups is 1. The number of anilines is 2. The van der Waals surface area contributed by atoms with Gasteiger partial charge in [-0.15, -0.1) is 0 Å². The highest BCUT2D eigenvalue weighted by molar-refractivity contribution is 8.18. The summed E-state index contributed by atoms with van der Waals surface area (Å²) in [6, 6.07) is 12.7. The topological polar surface area (TPSA) is 152 Å². The predicted octanol–water partition coefficient (Wildman–Crippen LogP) is 2.69. The third-order valence-electron chi connectivity index (χ3n) is 7.55. The summed E-state index contributed by atoms with van der Waals surface area (Å²) in [6.45, 7) is 3.23. The van der Waals surface area contributed by atoms with Crippen LogP contribution in [-0.4, -0.2) is 85.4 Å². The summed E-state index contributed by atoms with van der Waals surface area (Å²) in [6.07, 6.45) is 4.81. The van der Waals surface area contributed by atoms with E-state index in [1.807, 2.05) is 23.1 Å². The van der Waals surface area contributed by atoms with Crippen LogP contribution < -0.4 is 14.9 Å². The SMILES string of the molecule is CS(=O)(=O)Nc1ccc(C(O)CNC2CCN(c3ccc(/C=C4\SC(N5CCC(=O)CC5)=NC4=O)cc3)CC2)cc1O. The van der Waals surface area contributed by atoms with Gasteiger partial charge in [-0.2, -0.15) is 4.99 Å². The third kappa shape index (κ3) is 7.71. The summed E-state index contributed by atoms with van der Waals surface area (Å²) in [5, 5.41) is 24.8. The van der Waals surface area contributed by atoms with Crippen molar-refractivity contribution in [3.8, 4) is 5.75 Å². The van der Waals surface area contributed by atoms with Crippen LogP contribution in [0.5, 0.6) is 5.75 Å². The molecule has 0 saturated carbocycles. The maximum atomic E-state index is 12.5. The summed E-state index contributed by atoms with van der Waals surface area (Å²) in [7, 11) is -3.52. The minimum Gasteiger partial charge on any atom is -0.506 e. The second-order valence-corrected chi connectivity index (χ2v) is 13.5. The zero-order valence-electron chi connectivity index (χ0n) is 23.3. The van der Waals surface area contributed by atoms with E-state index in [2.05, 4.69) is 32.1 Å². The van der Waals surface area contributed by atoms with Crippen LogP contribution in [0.2, 0.25) is 0 Å². The van der Waals surface area contributed by atoms with E-state index in [1.54, 1.807) is 6.07 Å². The van der Waals surface area contributed by atoms with Crippen LogP contribution in [0.3, 0.4) is 0 Å². The van der Waals surface area contributed by atoms with Crippen molar-refractivity contribution in [3.05, 3.63) is 58.5 Å². The summed E-state index contributed by atoms with van der Waals surface area (Å²) in [5.41, 5.74) is 2.60. The van der Waals surface area contributed by atoms with E-state index >= 15 is 0 Å². The van der Waals surface area contributed by atoms with Crippen LogP contribution >= 0.6 is 11.8 Å². The number of aromatic hydroxyl groups is 1. The molecule has 0 bridgehead atoms. The smallest absolute Gasteiger partial charge is 0.286 e. The zero-order valence-corrected chi connectivity index (χ0v) is 25.0. The Morgan fingerprint density at radius 3 is 2.38 bits per heavy atom. The van der Waals surface area contributed by atoms with E-state index in [4.69, 9.17) is 0 Å². The van der Waals surface area contributed by atoms with Gasteiger partial charge in [0.05, 0.1) is 23.0 Å². The first-order chi connectivity index (χ1) is 20.0. The number of hydrogen-bond acceptors (Lipinski definition) is 10. The molecule has 3 aliphatic heterocycles. The maximum Gasteiger partial charge on any atom is 0.286 e. The first kappa shape index (κ1) is 30.1. The summed E-state index contributed by atoms with van der Waals surface area (Å²) in [4.78, 5) is 33.1. The molecule has 2 aromatic rings. The fourth-order valence-electron chi connectivity index (χ4n) is 5.19. The number of aliphatic hydroxyl groups excluding tert-OH is 1. The summed E-state index contributed by atoms with van der Waals surface area (Å²) in [5.74, 6) is -0.229. The van der Waals surface area contributed by atoms with E-state index < -0.39 is 16.1 Å². The Labute approximate surface area is 249 Å². The number of nitrogens with one attached hydrogen (secondary N) is 2. The number of likely N-dealkylation sites (tertiary alicyclic amines) is 1. The molecular weight excluding hydrogens is 578 g/mol. The number of hydrogen-bond donors (Lipinski definition) is 4. The number of rotatable bonds is 8. The quantitative estimate of drug-likeness (QED) is 0.258. The van der Waals surface area contributed by atoms with Crippen LogP contribution in [0.4, 0.5) is 11.4 Å². The molecule has 2 saturated heterocycles. The number of carbonyl (C=O) groups excluding carboxylic acids is 2. The lowest BCUT2D eigenvalue weighted by molar-refractivity contribution is -0.120. The van der Waals surface area contributed by atoms with Crippen molar-refractivity contribution in [2.24, 2.45) is 4.99 Å². The molecule has 0 aliphatic carbocycles. The average molecular weight is 614 g/mol. The van der Waals surface area contributed by atoms with Crippen molar-refractivity contribution < 1.29 is 28.2 Å². The van der Waals surface area contributed by atoms with Crippen molar-refractivity contribution in [1.82, 2.24) is 10.2 Å². The molecule has 1 amide bonds. The van der Waals surface area contributed by atoms with Crippen LogP contribution in [0.25, 0.3) is 6.08 Å². The lowest BCUT2D eigenvalue weighted by Gasteiger charge is -2.34. The van der Waals surface area contributed by atoms with Gasteiger partial charge in [-0.25, -0.2) is 8.42 Å². The molecular formula is C29H35N5O6S2. The van der Waals surface area contributed by atoms with Crippen LogP contribution in [-0.2, 0) is 19.6 Å². The monoisotopic (exact) mass is 613 g/mol. The number of phenolic OH excluding ortho intramolecular Hbond substituents is 1. The van der Waals surface area contributed by atoms with Crippen LogP contribution in [0.15, 0.2) is 52.4 Å². The number of phenols is 1. The Morgan fingerprint density at radius 1 is 1.05 bits per heavy atom. The number of nitrogens with zero attached hydrogens (tertiary/aromatic N) is 3. The van der Waals surface area contributed by atoms with Crippen molar-refractivity contribution >= 4 is 56.1 Å². The van der Waals surface area contributed by atoms with Gasteiger partial charge in [0, 0.05) is 57.3 Å². The molecule has 0 aromatic heterocycles. The zero-order chi connectivity index (χ0) is 29.9. The Hall–Kier alpha value is -3.39. The molecule has 13 heteroatoms. The number of ketones is 1. The molecule has 1 unspecified atom stereocenters.